The molecule has 1 fully saturated rings. The van der Waals surface area contributed by atoms with E-state index in [2.05, 4.69) is 9.88 Å². The molecule has 8 heteroatoms. The van der Waals surface area contributed by atoms with E-state index in [0.29, 0.717) is 31.8 Å². The van der Waals surface area contributed by atoms with Crippen molar-refractivity contribution in [3.8, 4) is 5.75 Å². The third kappa shape index (κ3) is 5.68. The molecule has 0 N–H and O–H groups in total. The van der Waals surface area contributed by atoms with Crippen molar-refractivity contribution >= 4 is 17.7 Å². The van der Waals surface area contributed by atoms with E-state index in [1.807, 2.05) is 0 Å². The number of rotatable bonds is 7. The Kier molecular flexibility index (Phi) is 7.59. The van der Waals surface area contributed by atoms with Gasteiger partial charge in [0.25, 0.3) is 0 Å². The molecule has 0 atom stereocenters. The van der Waals surface area contributed by atoms with Gasteiger partial charge in [0.2, 0.25) is 5.91 Å². The van der Waals surface area contributed by atoms with Gasteiger partial charge in [0.1, 0.15) is 5.82 Å². The van der Waals surface area contributed by atoms with Crippen LogP contribution < -0.4 is 9.64 Å². The van der Waals surface area contributed by atoms with E-state index < -0.39 is 5.82 Å². The molecule has 0 bridgehead atoms. The summed E-state index contributed by atoms with van der Waals surface area (Å²) in [6, 6.07) is 9.66. The number of hydrogen-bond donors (Lipinski definition) is 0. The van der Waals surface area contributed by atoms with Crippen molar-refractivity contribution in [1.82, 2.24) is 9.88 Å². The summed E-state index contributed by atoms with van der Waals surface area (Å²) in [4.78, 5) is 32.5. The van der Waals surface area contributed by atoms with Crippen molar-refractivity contribution in [2.75, 3.05) is 44.3 Å². The summed E-state index contributed by atoms with van der Waals surface area (Å²) in [5, 5.41) is 0. The molecule has 1 amide bonds. The van der Waals surface area contributed by atoms with Crippen molar-refractivity contribution in [2.45, 2.75) is 19.8 Å². The van der Waals surface area contributed by atoms with Crippen LogP contribution in [0.25, 0.3) is 0 Å². The molecule has 0 saturated carbocycles. The highest BCUT2D eigenvalue weighted by Crippen LogP contribution is 2.17. The van der Waals surface area contributed by atoms with Crippen molar-refractivity contribution in [2.24, 2.45) is 0 Å². The smallest absolute Gasteiger partial charge is 0.339 e. The predicted octanol–water partition coefficient (Wildman–Crippen LogP) is 2.91. The topological polar surface area (TPSA) is 72.0 Å². The third-order valence-electron chi connectivity index (χ3n) is 4.84. The highest BCUT2D eigenvalue weighted by atomic mass is 19.1. The van der Waals surface area contributed by atoms with Gasteiger partial charge in [-0.25, -0.2) is 14.2 Å². The van der Waals surface area contributed by atoms with Gasteiger partial charge in [-0.3, -0.25) is 4.79 Å². The SMILES string of the molecule is CCOC(=O)c1ccc(N2CCCN(C(=O)CCOc3ccccc3F)CC2)nc1. The van der Waals surface area contributed by atoms with Crippen LogP contribution in [0.3, 0.4) is 0 Å². The summed E-state index contributed by atoms with van der Waals surface area (Å²) in [6.07, 6.45) is 2.52. The number of carbonyl (C=O) groups excluding carboxylic acids is 2. The minimum Gasteiger partial charge on any atom is -0.490 e. The van der Waals surface area contributed by atoms with Crippen LogP contribution in [-0.2, 0) is 9.53 Å². The van der Waals surface area contributed by atoms with E-state index in [4.69, 9.17) is 9.47 Å². The Morgan fingerprint density at radius 1 is 1.10 bits per heavy atom. The third-order valence-corrected chi connectivity index (χ3v) is 4.84. The van der Waals surface area contributed by atoms with Crippen molar-refractivity contribution in [1.29, 1.82) is 0 Å². The second-order valence-corrected chi connectivity index (χ2v) is 6.88. The molecule has 1 aromatic carbocycles. The molecule has 0 unspecified atom stereocenters. The lowest BCUT2D eigenvalue weighted by molar-refractivity contribution is -0.131. The first kappa shape index (κ1) is 21.5. The first-order valence-corrected chi connectivity index (χ1v) is 10.1. The Labute approximate surface area is 175 Å². The quantitative estimate of drug-likeness (QED) is 0.648. The lowest BCUT2D eigenvalue weighted by Crippen LogP contribution is -2.36. The minimum absolute atomic E-state index is 0.0150. The molecule has 0 spiro atoms. The number of amides is 1. The average Bonchev–Trinajstić information content (AvgIpc) is 3.02. The molecule has 0 aliphatic carbocycles. The molecule has 3 rings (SSSR count). The number of ether oxygens (including phenoxy) is 2. The molecule has 2 heterocycles. The number of pyridine rings is 1. The maximum atomic E-state index is 13.6. The van der Waals surface area contributed by atoms with Gasteiger partial charge in [0.15, 0.2) is 11.6 Å². The number of hydrogen-bond acceptors (Lipinski definition) is 6. The van der Waals surface area contributed by atoms with Crippen LogP contribution in [0, 0.1) is 5.82 Å². The molecule has 1 saturated heterocycles. The highest BCUT2D eigenvalue weighted by molar-refractivity contribution is 5.89. The van der Waals surface area contributed by atoms with E-state index in [0.717, 1.165) is 18.8 Å². The van der Waals surface area contributed by atoms with E-state index in [1.165, 1.54) is 12.3 Å². The summed E-state index contributed by atoms with van der Waals surface area (Å²) in [7, 11) is 0. The van der Waals surface area contributed by atoms with E-state index >= 15 is 0 Å². The van der Waals surface area contributed by atoms with Crippen LogP contribution in [0.15, 0.2) is 42.6 Å². The number of halogens is 1. The zero-order valence-electron chi connectivity index (χ0n) is 17.1. The maximum absolute atomic E-state index is 13.6. The summed E-state index contributed by atoms with van der Waals surface area (Å²) in [6.45, 7) is 4.84. The number of aromatic nitrogens is 1. The molecule has 0 radical (unpaired) electrons. The molecule has 7 nitrogen and oxygen atoms in total. The number of carbonyl (C=O) groups is 2. The van der Waals surface area contributed by atoms with Crippen LogP contribution in [0.1, 0.15) is 30.1 Å². The highest BCUT2D eigenvalue weighted by Gasteiger charge is 2.20. The zero-order valence-corrected chi connectivity index (χ0v) is 17.1. The Balaban J connectivity index is 1.48. The number of nitrogens with zero attached hydrogens (tertiary/aromatic N) is 3. The summed E-state index contributed by atoms with van der Waals surface area (Å²) >= 11 is 0. The summed E-state index contributed by atoms with van der Waals surface area (Å²) < 4.78 is 23.9. The number of esters is 1. The van der Waals surface area contributed by atoms with Gasteiger partial charge in [0.05, 0.1) is 25.2 Å². The fourth-order valence-corrected chi connectivity index (χ4v) is 3.27. The van der Waals surface area contributed by atoms with Crippen molar-refractivity contribution in [3.63, 3.8) is 0 Å². The van der Waals surface area contributed by atoms with Crippen LogP contribution in [0.2, 0.25) is 0 Å². The standard InChI is InChI=1S/C22H26FN3O4/c1-2-29-22(28)17-8-9-20(24-16-17)25-11-5-12-26(14-13-25)21(27)10-15-30-19-7-4-3-6-18(19)23/h3-4,6-9,16H,2,5,10-15H2,1H3. The molecule has 1 aromatic heterocycles. The predicted molar refractivity (Wildman–Crippen MR) is 110 cm³/mol. The van der Waals surface area contributed by atoms with Gasteiger partial charge in [-0.15, -0.1) is 0 Å². The number of para-hydroxylation sites is 1. The second-order valence-electron chi connectivity index (χ2n) is 6.88. The Morgan fingerprint density at radius 3 is 2.67 bits per heavy atom. The first-order valence-electron chi connectivity index (χ1n) is 10.1. The average molecular weight is 415 g/mol. The van der Waals surface area contributed by atoms with E-state index in [1.54, 1.807) is 42.2 Å². The molecule has 160 valence electrons. The second kappa shape index (κ2) is 10.6. The normalized spacial score (nSPS) is 14.2. The summed E-state index contributed by atoms with van der Waals surface area (Å²) in [5.41, 5.74) is 0.419. The molecule has 1 aliphatic heterocycles. The Bertz CT molecular complexity index is 860. The Hall–Kier alpha value is -3.16. The van der Waals surface area contributed by atoms with Gasteiger partial charge < -0.3 is 19.3 Å². The molecule has 30 heavy (non-hydrogen) atoms. The van der Waals surface area contributed by atoms with Crippen molar-refractivity contribution in [3.05, 3.63) is 54.0 Å². The van der Waals surface area contributed by atoms with Gasteiger partial charge in [-0.1, -0.05) is 12.1 Å². The van der Waals surface area contributed by atoms with Gasteiger partial charge >= 0.3 is 5.97 Å². The molecular weight excluding hydrogens is 389 g/mol. The van der Waals surface area contributed by atoms with Crippen LogP contribution in [0.5, 0.6) is 5.75 Å². The monoisotopic (exact) mass is 415 g/mol. The van der Waals surface area contributed by atoms with Crippen LogP contribution in [0.4, 0.5) is 10.2 Å². The fourth-order valence-electron chi connectivity index (χ4n) is 3.27. The minimum atomic E-state index is -0.433. The summed E-state index contributed by atoms with van der Waals surface area (Å²) in [5.74, 6) is 0.0855. The Morgan fingerprint density at radius 2 is 1.93 bits per heavy atom. The lowest BCUT2D eigenvalue weighted by Gasteiger charge is -2.23. The van der Waals surface area contributed by atoms with E-state index in [9.17, 15) is 14.0 Å². The largest absolute Gasteiger partial charge is 0.490 e. The van der Waals surface area contributed by atoms with Crippen molar-refractivity contribution < 1.29 is 23.5 Å². The van der Waals surface area contributed by atoms with Gasteiger partial charge in [-0.2, -0.15) is 0 Å². The van der Waals surface area contributed by atoms with Gasteiger partial charge in [-0.05, 0) is 37.6 Å². The number of benzene rings is 1. The van der Waals surface area contributed by atoms with Crippen LogP contribution >= 0.6 is 0 Å². The molecular formula is C22H26FN3O4. The van der Waals surface area contributed by atoms with E-state index in [-0.39, 0.29) is 30.7 Å². The van der Waals surface area contributed by atoms with Crippen LogP contribution in [-0.4, -0.2) is 61.2 Å². The zero-order chi connectivity index (χ0) is 21.3. The number of anilines is 1. The first-order chi connectivity index (χ1) is 14.6. The lowest BCUT2D eigenvalue weighted by atomic mass is 10.2. The molecule has 2 aromatic rings. The maximum Gasteiger partial charge on any atom is 0.339 e. The molecule has 1 aliphatic rings. The fraction of sp³-hybridized carbons (Fsp3) is 0.409. The van der Waals surface area contributed by atoms with Gasteiger partial charge in [0, 0.05) is 32.4 Å².